The molecule has 14 heavy (non-hydrogen) atoms. The molecule has 0 radical (unpaired) electrons. The molecule has 1 saturated carbocycles. The van der Waals surface area contributed by atoms with Gasteiger partial charge in [-0.3, -0.25) is 4.90 Å². The molecule has 1 aliphatic heterocycles. The summed E-state index contributed by atoms with van der Waals surface area (Å²) in [6, 6.07) is 1.61. The zero-order valence-electron chi connectivity index (χ0n) is 9.63. The number of hydrogen-bond acceptors (Lipinski definition) is 2. The minimum Gasteiger partial charge on any atom is -0.311 e. The van der Waals surface area contributed by atoms with E-state index in [1.807, 2.05) is 0 Å². The second-order valence-electron chi connectivity index (χ2n) is 4.91. The fourth-order valence-corrected chi connectivity index (χ4v) is 2.66. The monoisotopic (exact) mass is 196 g/mol. The normalized spacial score (nSPS) is 34.7. The van der Waals surface area contributed by atoms with E-state index < -0.39 is 0 Å². The molecular weight excluding hydrogens is 172 g/mol. The van der Waals surface area contributed by atoms with Crippen LogP contribution >= 0.6 is 0 Å². The van der Waals surface area contributed by atoms with Crippen molar-refractivity contribution in [1.29, 1.82) is 0 Å². The Morgan fingerprint density at radius 3 is 2.64 bits per heavy atom. The fourth-order valence-electron chi connectivity index (χ4n) is 2.66. The second kappa shape index (κ2) is 4.63. The molecule has 1 heterocycles. The maximum absolute atomic E-state index is 3.73. The first-order valence-corrected chi connectivity index (χ1v) is 6.32. The van der Waals surface area contributed by atoms with Crippen molar-refractivity contribution >= 4 is 0 Å². The van der Waals surface area contributed by atoms with Crippen LogP contribution in [0.2, 0.25) is 0 Å². The van der Waals surface area contributed by atoms with E-state index >= 15 is 0 Å². The Morgan fingerprint density at radius 1 is 1.29 bits per heavy atom. The van der Waals surface area contributed by atoms with Gasteiger partial charge in [0, 0.05) is 25.2 Å². The SMILES string of the molecule is CCCN1CC(C2CC2)NCC1CC. The minimum absolute atomic E-state index is 0.796. The van der Waals surface area contributed by atoms with Gasteiger partial charge in [0.05, 0.1) is 0 Å². The van der Waals surface area contributed by atoms with Crippen molar-refractivity contribution < 1.29 is 0 Å². The van der Waals surface area contributed by atoms with Gasteiger partial charge in [-0.15, -0.1) is 0 Å². The standard InChI is InChI=1S/C12H24N2/c1-3-7-14-9-12(10-5-6-10)13-8-11(14)4-2/h10-13H,3-9H2,1-2H3. The van der Waals surface area contributed by atoms with E-state index in [2.05, 4.69) is 24.1 Å². The van der Waals surface area contributed by atoms with Crippen LogP contribution in [0.4, 0.5) is 0 Å². The molecule has 1 saturated heterocycles. The van der Waals surface area contributed by atoms with Gasteiger partial charge in [-0.25, -0.2) is 0 Å². The zero-order valence-corrected chi connectivity index (χ0v) is 9.63. The van der Waals surface area contributed by atoms with Crippen LogP contribution in [0.1, 0.15) is 39.5 Å². The Hall–Kier alpha value is -0.0800. The van der Waals surface area contributed by atoms with Gasteiger partial charge in [-0.05, 0) is 38.1 Å². The summed E-state index contributed by atoms with van der Waals surface area (Å²) in [6.45, 7) is 8.42. The molecule has 82 valence electrons. The number of rotatable bonds is 4. The van der Waals surface area contributed by atoms with Gasteiger partial charge in [0.25, 0.3) is 0 Å². The predicted molar refractivity (Wildman–Crippen MR) is 60.5 cm³/mol. The number of nitrogens with one attached hydrogen (secondary N) is 1. The molecule has 0 aromatic carbocycles. The van der Waals surface area contributed by atoms with Crippen LogP contribution < -0.4 is 5.32 Å². The third-order valence-electron chi connectivity index (χ3n) is 3.74. The first-order valence-electron chi connectivity index (χ1n) is 6.32. The van der Waals surface area contributed by atoms with E-state index in [0.29, 0.717) is 0 Å². The van der Waals surface area contributed by atoms with Crippen LogP contribution in [0.3, 0.4) is 0 Å². The van der Waals surface area contributed by atoms with Crippen molar-refractivity contribution in [2.75, 3.05) is 19.6 Å². The summed E-state index contributed by atoms with van der Waals surface area (Å²) in [6.07, 6.45) is 5.53. The van der Waals surface area contributed by atoms with E-state index in [-0.39, 0.29) is 0 Å². The summed E-state index contributed by atoms with van der Waals surface area (Å²) < 4.78 is 0. The van der Waals surface area contributed by atoms with Gasteiger partial charge >= 0.3 is 0 Å². The van der Waals surface area contributed by atoms with Crippen LogP contribution in [0, 0.1) is 5.92 Å². The Balaban J connectivity index is 1.86. The molecular formula is C12H24N2. The summed E-state index contributed by atoms with van der Waals surface area (Å²) in [5.74, 6) is 1.01. The lowest BCUT2D eigenvalue weighted by molar-refractivity contribution is 0.119. The lowest BCUT2D eigenvalue weighted by Gasteiger charge is -2.40. The topological polar surface area (TPSA) is 15.3 Å². The smallest absolute Gasteiger partial charge is 0.0224 e. The minimum atomic E-state index is 0.796. The molecule has 0 aromatic rings. The molecule has 2 nitrogen and oxygen atoms in total. The van der Waals surface area contributed by atoms with Crippen LogP contribution in [-0.4, -0.2) is 36.6 Å². The summed E-state index contributed by atoms with van der Waals surface area (Å²) in [4.78, 5) is 2.71. The maximum atomic E-state index is 3.73. The van der Waals surface area contributed by atoms with Crippen molar-refractivity contribution in [2.24, 2.45) is 5.92 Å². The Labute approximate surface area is 88.1 Å². The third-order valence-corrected chi connectivity index (χ3v) is 3.74. The maximum Gasteiger partial charge on any atom is 0.0224 e. The molecule has 2 heteroatoms. The first kappa shape index (κ1) is 10.4. The largest absolute Gasteiger partial charge is 0.311 e. The summed E-state index contributed by atoms with van der Waals surface area (Å²) >= 11 is 0. The van der Waals surface area contributed by atoms with Crippen molar-refractivity contribution in [1.82, 2.24) is 10.2 Å². The molecule has 1 N–H and O–H groups in total. The molecule has 0 aromatic heterocycles. The average Bonchev–Trinajstić information content (AvgIpc) is 3.01. The number of hydrogen-bond donors (Lipinski definition) is 1. The lowest BCUT2D eigenvalue weighted by atomic mass is 10.0. The highest BCUT2D eigenvalue weighted by Gasteiger charge is 2.36. The van der Waals surface area contributed by atoms with Gasteiger partial charge in [-0.2, -0.15) is 0 Å². The first-order chi connectivity index (χ1) is 6.85. The van der Waals surface area contributed by atoms with Crippen LogP contribution in [-0.2, 0) is 0 Å². The van der Waals surface area contributed by atoms with E-state index in [4.69, 9.17) is 0 Å². The van der Waals surface area contributed by atoms with E-state index in [0.717, 1.165) is 18.0 Å². The summed E-state index contributed by atoms with van der Waals surface area (Å²) in [5, 5.41) is 3.73. The Morgan fingerprint density at radius 2 is 2.07 bits per heavy atom. The van der Waals surface area contributed by atoms with Gasteiger partial charge in [-0.1, -0.05) is 13.8 Å². The molecule has 1 aliphatic carbocycles. The highest BCUT2D eigenvalue weighted by molar-refractivity contribution is 4.93. The molecule has 2 unspecified atom stereocenters. The van der Waals surface area contributed by atoms with Crippen LogP contribution in [0.25, 0.3) is 0 Å². The fraction of sp³-hybridized carbons (Fsp3) is 1.00. The second-order valence-corrected chi connectivity index (χ2v) is 4.91. The van der Waals surface area contributed by atoms with Gasteiger partial charge in [0.1, 0.15) is 0 Å². The van der Waals surface area contributed by atoms with Crippen molar-refractivity contribution in [3.63, 3.8) is 0 Å². The Bertz CT molecular complexity index is 177. The van der Waals surface area contributed by atoms with E-state index in [1.165, 1.54) is 45.3 Å². The molecule has 0 spiro atoms. The Kier molecular flexibility index (Phi) is 3.45. The predicted octanol–water partition coefficient (Wildman–Crippen LogP) is 1.86. The van der Waals surface area contributed by atoms with Crippen LogP contribution in [0.15, 0.2) is 0 Å². The molecule has 0 bridgehead atoms. The quantitative estimate of drug-likeness (QED) is 0.738. The highest BCUT2D eigenvalue weighted by atomic mass is 15.2. The summed E-state index contributed by atoms with van der Waals surface area (Å²) in [7, 11) is 0. The molecule has 2 atom stereocenters. The molecule has 2 aliphatic rings. The van der Waals surface area contributed by atoms with E-state index in [1.54, 1.807) is 0 Å². The summed E-state index contributed by atoms with van der Waals surface area (Å²) in [5.41, 5.74) is 0. The van der Waals surface area contributed by atoms with Gasteiger partial charge in [0.15, 0.2) is 0 Å². The van der Waals surface area contributed by atoms with Crippen molar-refractivity contribution in [3.05, 3.63) is 0 Å². The van der Waals surface area contributed by atoms with Crippen molar-refractivity contribution in [3.8, 4) is 0 Å². The third kappa shape index (κ3) is 2.29. The molecule has 2 fully saturated rings. The van der Waals surface area contributed by atoms with Gasteiger partial charge in [0.2, 0.25) is 0 Å². The van der Waals surface area contributed by atoms with Crippen molar-refractivity contribution in [2.45, 2.75) is 51.6 Å². The molecule has 2 rings (SSSR count). The number of nitrogens with zero attached hydrogens (tertiary/aromatic N) is 1. The molecule has 0 amide bonds. The van der Waals surface area contributed by atoms with E-state index in [9.17, 15) is 0 Å². The van der Waals surface area contributed by atoms with Crippen LogP contribution in [0.5, 0.6) is 0 Å². The zero-order chi connectivity index (χ0) is 9.97. The lowest BCUT2D eigenvalue weighted by Crippen LogP contribution is -2.57. The van der Waals surface area contributed by atoms with Gasteiger partial charge < -0.3 is 5.32 Å². The average molecular weight is 196 g/mol. The number of piperazine rings is 1. The highest BCUT2D eigenvalue weighted by Crippen LogP contribution is 2.34.